The van der Waals surface area contributed by atoms with Crippen molar-refractivity contribution in [1.29, 1.82) is 0 Å². The summed E-state index contributed by atoms with van der Waals surface area (Å²) in [7, 11) is 0. The lowest BCUT2D eigenvalue weighted by Crippen LogP contribution is -2.12. The summed E-state index contributed by atoms with van der Waals surface area (Å²) in [5, 5.41) is 24.9. The van der Waals surface area contributed by atoms with Crippen LogP contribution in [-0.2, 0) is 0 Å². The van der Waals surface area contributed by atoms with Crippen LogP contribution in [-0.4, -0.2) is 19.7 Å². The van der Waals surface area contributed by atoms with Crippen molar-refractivity contribution < 1.29 is 15.3 Å². The highest BCUT2D eigenvalue weighted by Gasteiger charge is 2.26. The first-order chi connectivity index (χ1) is 3.85. The molecule has 0 saturated carbocycles. The lowest BCUT2D eigenvalue weighted by Gasteiger charge is -2.10. The van der Waals surface area contributed by atoms with Gasteiger partial charge in [0.2, 0.25) is 5.76 Å². The third-order valence-corrected chi connectivity index (χ3v) is 0.986. The molecule has 3 N–H and O–H groups in total. The predicted octanol–water partition coefficient (Wildman–Crippen LogP) is 2.02. The fourth-order valence-electron chi connectivity index (χ4n) is 0.196. The molecule has 0 unspecified atom stereocenters. The van der Waals surface area contributed by atoms with Crippen LogP contribution in [0.15, 0.2) is 11.7 Å². The van der Waals surface area contributed by atoms with Gasteiger partial charge in [-0.3, -0.25) is 0 Å². The Hall–Kier alpha value is -0.280. The summed E-state index contributed by atoms with van der Waals surface area (Å²) >= 11 is 10.4. The summed E-state index contributed by atoms with van der Waals surface area (Å²) < 4.78 is -1.64. The zero-order valence-corrected chi connectivity index (χ0v) is 6.11. The van der Waals surface area contributed by atoms with Crippen molar-refractivity contribution in [2.75, 3.05) is 0 Å². The number of aliphatic hydroxyl groups excluding tert-OH is 2. The molecule has 0 aromatic rings. The molecular formula is C4H6Cl2O3. The maximum absolute atomic E-state index is 8.58. The minimum Gasteiger partial charge on any atom is -0.503 e. The molecule has 0 spiro atoms. The van der Waals surface area contributed by atoms with Gasteiger partial charge in [-0.25, -0.2) is 0 Å². The summed E-state index contributed by atoms with van der Waals surface area (Å²) in [5.41, 5.74) is 0. The Kier molecular flexibility index (Phi) is 2.46. The van der Waals surface area contributed by atoms with E-state index in [2.05, 4.69) is 0 Å². The number of allylic oxidation sites excluding steroid dienone is 1. The molecule has 0 atom stereocenters. The molecular weight excluding hydrogens is 167 g/mol. The van der Waals surface area contributed by atoms with Gasteiger partial charge in [-0.05, 0) is 6.92 Å². The van der Waals surface area contributed by atoms with Crippen LogP contribution in [0, 0.1) is 0 Å². The molecule has 0 aliphatic carbocycles. The second-order valence-corrected chi connectivity index (χ2v) is 3.27. The van der Waals surface area contributed by atoms with Gasteiger partial charge in [-0.1, -0.05) is 23.2 Å². The van der Waals surface area contributed by atoms with Crippen LogP contribution in [0.1, 0.15) is 6.92 Å². The van der Waals surface area contributed by atoms with Gasteiger partial charge < -0.3 is 15.3 Å². The Balaban J connectivity index is 4.40. The number of hydrogen-bond acceptors (Lipinski definition) is 3. The van der Waals surface area contributed by atoms with E-state index in [1.54, 1.807) is 0 Å². The lowest BCUT2D eigenvalue weighted by atomic mass is 10.4. The van der Waals surface area contributed by atoms with Crippen LogP contribution in [0.5, 0.6) is 0 Å². The second-order valence-electron chi connectivity index (χ2n) is 1.56. The smallest absolute Gasteiger partial charge is 0.317 e. The monoisotopic (exact) mass is 172 g/mol. The quantitative estimate of drug-likeness (QED) is 0.419. The summed E-state index contributed by atoms with van der Waals surface area (Å²) in [6.45, 7) is 1.21. The van der Waals surface area contributed by atoms with Crippen molar-refractivity contribution in [3.8, 4) is 0 Å². The molecule has 54 valence electrons. The van der Waals surface area contributed by atoms with Crippen LogP contribution < -0.4 is 0 Å². The minimum atomic E-state index is -1.64. The molecule has 5 heteroatoms. The molecule has 0 heterocycles. The fourth-order valence-corrected chi connectivity index (χ4v) is 0.365. The Morgan fingerprint density at radius 2 is 1.56 bits per heavy atom. The SMILES string of the molecule is CC(Cl)(Cl)C(O)=C(O)O. The first kappa shape index (κ1) is 8.72. The molecule has 0 amide bonds. The van der Waals surface area contributed by atoms with Crippen molar-refractivity contribution >= 4 is 23.2 Å². The van der Waals surface area contributed by atoms with Gasteiger partial charge >= 0.3 is 5.95 Å². The van der Waals surface area contributed by atoms with Crippen molar-refractivity contribution in [2.24, 2.45) is 0 Å². The normalized spacial score (nSPS) is 11.0. The van der Waals surface area contributed by atoms with Gasteiger partial charge in [0.05, 0.1) is 0 Å². The average Bonchev–Trinajstić information content (AvgIpc) is 1.62. The molecule has 0 aromatic carbocycles. The van der Waals surface area contributed by atoms with Gasteiger partial charge in [0.1, 0.15) is 0 Å². The van der Waals surface area contributed by atoms with Crippen LogP contribution in [0.4, 0.5) is 0 Å². The summed E-state index contributed by atoms with van der Waals surface area (Å²) in [6.07, 6.45) is 0. The van der Waals surface area contributed by atoms with Gasteiger partial charge in [-0.15, -0.1) is 0 Å². The van der Waals surface area contributed by atoms with E-state index in [9.17, 15) is 0 Å². The maximum atomic E-state index is 8.58. The zero-order chi connectivity index (χ0) is 7.65. The molecule has 0 aromatic heterocycles. The number of hydrogen-bond donors (Lipinski definition) is 3. The molecule has 0 rings (SSSR count). The molecule has 0 saturated heterocycles. The molecule has 0 aliphatic heterocycles. The maximum Gasteiger partial charge on any atom is 0.317 e. The lowest BCUT2D eigenvalue weighted by molar-refractivity contribution is 0.153. The van der Waals surface area contributed by atoms with Crippen molar-refractivity contribution in [2.45, 2.75) is 11.3 Å². The van der Waals surface area contributed by atoms with E-state index < -0.39 is 16.0 Å². The number of halogens is 2. The van der Waals surface area contributed by atoms with Gasteiger partial charge in [0.25, 0.3) is 0 Å². The van der Waals surface area contributed by atoms with E-state index in [4.69, 9.17) is 38.5 Å². The first-order valence-corrected chi connectivity index (χ1v) is 2.80. The molecule has 0 radical (unpaired) electrons. The molecule has 0 bridgehead atoms. The van der Waals surface area contributed by atoms with Crippen LogP contribution in [0.3, 0.4) is 0 Å². The third kappa shape index (κ3) is 2.67. The Morgan fingerprint density at radius 1 is 1.22 bits per heavy atom. The van der Waals surface area contributed by atoms with Gasteiger partial charge in [0, 0.05) is 0 Å². The van der Waals surface area contributed by atoms with Gasteiger partial charge in [0.15, 0.2) is 4.33 Å². The Morgan fingerprint density at radius 3 is 1.56 bits per heavy atom. The van der Waals surface area contributed by atoms with E-state index >= 15 is 0 Å². The first-order valence-electron chi connectivity index (χ1n) is 2.05. The molecule has 0 aliphatic rings. The number of alkyl halides is 2. The van der Waals surface area contributed by atoms with E-state index in [-0.39, 0.29) is 0 Å². The van der Waals surface area contributed by atoms with E-state index in [0.717, 1.165) is 0 Å². The van der Waals surface area contributed by atoms with Crippen molar-refractivity contribution in [3.05, 3.63) is 11.7 Å². The largest absolute Gasteiger partial charge is 0.503 e. The highest BCUT2D eigenvalue weighted by molar-refractivity contribution is 6.49. The highest BCUT2D eigenvalue weighted by Crippen LogP contribution is 2.27. The number of aliphatic hydroxyl groups is 3. The van der Waals surface area contributed by atoms with Crippen molar-refractivity contribution in [3.63, 3.8) is 0 Å². The topological polar surface area (TPSA) is 60.7 Å². The van der Waals surface area contributed by atoms with Crippen LogP contribution in [0.25, 0.3) is 0 Å². The van der Waals surface area contributed by atoms with Crippen LogP contribution in [0.2, 0.25) is 0 Å². The van der Waals surface area contributed by atoms with E-state index in [0.29, 0.717) is 0 Å². The van der Waals surface area contributed by atoms with Crippen LogP contribution >= 0.6 is 23.2 Å². The highest BCUT2D eigenvalue weighted by atomic mass is 35.5. The standard InChI is InChI=1S/C4H6Cl2O3/c1-4(5,6)2(7)3(8)9/h7-9H,1H3. The van der Waals surface area contributed by atoms with Crippen molar-refractivity contribution in [1.82, 2.24) is 0 Å². The molecule has 3 nitrogen and oxygen atoms in total. The summed E-state index contributed by atoms with van der Waals surface area (Å²) in [4.78, 5) is 0. The summed E-state index contributed by atoms with van der Waals surface area (Å²) in [5.74, 6) is -2.12. The predicted molar refractivity (Wildman–Crippen MR) is 35.0 cm³/mol. The minimum absolute atomic E-state index is 0.856. The molecule has 0 fully saturated rings. The zero-order valence-electron chi connectivity index (χ0n) is 4.60. The number of rotatable bonds is 1. The Labute approximate surface area is 62.1 Å². The third-order valence-electron chi connectivity index (χ3n) is 0.628. The second kappa shape index (κ2) is 2.54. The fraction of sp³-hybridized carbons (Fsp3) is 0.500. The summed E-state index contributed by atoms with van der Waals surface area (Å²) in [6, 6.07) is 0. The van der Waals surface area contributed by atoms with E-state index in [1.807, 2.05) is 0 Å². The van der Waals surface area contributed by atoms with Gasteiger partial charge in [-0.2, -0.15) is 0 Å². The van der Waals surface area contributed by atoms with E-state index in [1.165, 1.54) is 6.92 Å². The molecule has 9 heavy (non-hydrogen) atoms. The average molecular weight is 173 g/mol. The Bertz CT molecular complexity index is 131.